The Morgan fingerprint density at radius 1 is 0.613 bits per heavy atom. The Morgan fingerprint density at radius 2 is 1.06 bits per heavy atom. The molecule has 31 heavy (non-hydrogen) atoms. The zero-order valence-corrected chi connectivity index (χ0v) is 19.0. The van der Waals surface area contributed by atoms with E-state index in [0.29, 0.717) is 0 Å². The molecule has 0 atom stereocenters. The molecule has 5 rings (SSSR count). The van der Waals surface area contributed by atoms with Gasteiger partial charge in [-0.25, -0.2) is 4.67 Å². The Bertz CT molecular complexity index is 1080. The van der Waals surface area contributed by atoms with Crippen LogP contribution in [0.25, 0.3) is 9.81 Å². The molecule has 0 aromatic heterocycles. The lowest BCUT2D eigenvalue weighted by Gasteiger charge is -2.39. The van der Waals surface area contributed by atoms with Crippen LogP contribution < -0.4 is 4.90 Å². The van der Waals surface area contributed by atoms with Gasteiger partial charge in [-0.05, 0) is 23.3 Å². The van der Waals surface area contributed by atoms with Gasteiger partial charge in [0, 0.05) is 53.3 Å². The van der Waals surface area contributed by atoms with Crippen molar-refractivity contribution in [1.29, 1.82) is 0 Å². The van der Waals surface area contributed by atoms with E-state index in [1.807, 2.05) is 54.1 Å². The molecule has 2 heterocycles. The lowest BCUT2D eigenvalue weighted by Crippen LogP contribution is -2.44. The van der Waals surface area contributed by atoms with Gasteiger partial charge in [0.15, 0.2) is 7.29 Å². The molecule has 0 bridgehead atoms. The zero-order valence-electron chi connectivity index (χ0n) is 17.3. The molecule has 2 aliphatic rings. The minimum atomic E-state index is -2.79. The Hall–Kier alpha value is -2.52. The molecule has 156 valence electrons. The summed E-state index contributed by atoms with van der Waals surface area (Å²) in [6, 6.07) is 31.1. The topological polar surface area (TPSA) is 23.6 Å². The van der Waals surface area contributed by atoms with Crippen molar-refractivity contribution in [1.82, 2.24) is 4.67 Å². The van der Waals surface area contributed by atoms with E-state index < -0.39 is 7.29 Å². The number of hydrogen-bond donors (Lipinski definition) is 0. The summed E-state index contributed by atoms with van der Waals surface area (Å²) in [5, 5.41) is 0. The number of hydrogen-bond acceptors (Lipinski definition) is 3. The van der Waals surface area contributed by atoms with Crippen LogP contribution in [-0.4, -0.2) is 30.8 Å². The third-order valence-electron chi connectivity index (χ3n) is 5.76. The van der Waals surface area contributed by atoms with Crippen molar-refractivity contribution in [2.24, 2.45) is 0 Å². The fourth-order valence-electron chi connectivity index (χ4n) is 4.08. The minimum absolute atomic E-state index is 0.786. The SMILES string of the molecule is O=P1(N2CCN(c3ccccc3)CC2)C=C(c2ccccc2)SC(c2ccccc2)=C1. The highest BCUT2D eigenvalue weighted by Gasteiger charge is 2.34. The van der Waals surface area contributed by atoms with Crippen LogP contribution in [0, 0.1) is 0 Å². The summed E-state index contributed by atoms with van der Waals surface area (Å²) in [5.74, 6) is 4.05. The fourth-order valence-corrected chi connectivity index (χ4v) is 8.33. The Labute approximate surface area is 188 Å². The number of thioether (sulfide) groups is 1. The molecule has 0 radical (unpaired) electrons. The second-order valence-corrected chi connectivity index (χ2v) is 11.3. The number of anilines is 1. The van der Waals surface area contributed by atoms with E-state index >= 15 is 0 Å². The maximum Gasteiger partial charge on any atom is 0.195 e. The third-order valence-corrected chi connectivity index (χ3v) is 9.80. The van der Waals surface area contributed by atoms with Crippen molar-refractivity contribution in [2.75, 3.05) is 31.1 Å². The van der Waals surface area contributed by atoms with Gasteiger partial charge in [-0.15, -0.1) is 0 Å². The monoisotopic (exact) mass is 444 g/mol. The molecule has 2 aliphatic heterocycles. The zero-order chi connectivity index (χ0) is 21.1. The summed E-state index contributed by atoms with van der Waals surface area (Å²) in [7, 11) is -2.79. The van der Waals surface area contributed by atoms with E-state index in [1.54, 1.807) is 11.8 Å². The largest absolute Gasteiger partial charge is 0.369 e. The molecule has 0 aliphatic carbocycles. The van der Waals surface area contributed by atoms with Crippen molar-refractivity contribution in [2.45, 2.75) is 0 Å². The summed E-state index contributed by atoms with van der Waals surface area (Å²) >= 11 is 1.71. The maximum absolute atomic E-state index is 14.3. The average molecular weight is 445 g/mol. The first kappa shape index (κ1) is 20.4. The van der Waals surface area contributed by atoms with Gasteiger partial charge in [0.25, 0.3) is 0 Å². The van der Waals surface area contributed by atoms with Gasteiger partial charge >= 0.3 is 0 Å². The number of para-hydroxylation sites is 1. The first-order chi connectivity index (χ1) is 15.2. The van der Waals surface area contributed by atoms with E-state index in [4.69, 9.17) is 0 Å². The number of piperazine rings is 1. The molecule has 1 saturated heterocycles. The van der Waals surface area contributed by atoms with Crippen LogP contribution in [0.4, 0.5) is 5.69 Å². The molecular formula is C26H25N2OPS. The predicted molar refractivity (Wildman–Crippen MR) is 134 cm³/mol. The molecule has 0 saturated carbocycles. The quantitative estimate of drug-likeness (QED) is 0.412. The first-order valence-electron chi connectivity index (χ1n) is 10.6. The van der Waals surface area contributed by atoms with Crippen molar-refractivity contribution >= 4 is 34.6 Å². The molecule has 3 aromatic rings. The van der Waals surface area contributed by atoms with Crippen LogP contribution >= 0.6 is 19.1 Å². The first-order valence-corrected chi connectivity index (χ1v) is 13.2. The minimum Gasteiger partial charge on any atom is -0.369 e. The van der Waals surface area contributed by atoms with Gasteiger partial charge < -0.3 is 4.90 Å². The van der Waals surface area contributed by atoms with Crippen LogP contribution in [0.3, 0.4) is 0 Å². The van der Waals surface area contributed by atoms with Crippen LogP contribution in [0.2, 0.25) is 0 Å². The average Bonchev–Trinajstić information content (AvgIpc) is 2.85. The molecule has 0 unspecified atom stereocenters. The highest BCUT2D eigenvalue weighted by molar-refractivity contribution is 8.17. The number of rotatable bonds is 4. The molecule has 1 fully saturated rings. The van der Waals surface area contributed by atoms with E-state index in [-0.39, 0.29) is 0 Å². The van der Waals surface area contributed by atoms with Gasteiger partial charge in [-0.1, -0.05) is 90.6 Å². The van der Waals surface area contributed by atoms with Gasteiger partial charge in [0.05, 0.1) is 0 Å². The van der Waals surface area contributed by atoms with Crippen LogP contribution in [-0.2, 0) is 4.57 Å². The summed E-state index contributed by atoms with van der Waals surface area (Å²) in [4.78, 5) is 4.54. The van der Waals surface area contributed by atoms with E-state index in [9.17, 15) is 4.57 Å². The summed E-state index contributed by atoms with van der Waals surface area (Å²) in [6.07, 6.45) is 0. The molecule has 3 aromatic carbocycles. The van der Waals surface area contributed by atoms with Gasteiger partial charge in [0.1, 0.15) is 0 Å². The van der Waals surface area contributed by atoms with E-state index in [2.05, 4.69) is 58.1 Å². The molecule has 0 N–H and O–H groups in total. The van der Waals surface area contributed by atoms with Gasteiger partial charge in [0.2, 0.25) is 0 Å². The normalized spacial score (nSPS) is 18.9. The maximum atomic E-state index is 14.3. The summed E-state index contributed by atoms with van der Waals surface area (Å²) in [5.41, 5.74) is 3.48. The Kier molecular flexibility index (Phi) is 5.87. The van der Waals surface area contributed by atoms with Crippen LogP contribution in [0.15, 0.2) is 103 Å². The highest BCUT2D eigenvalue weighted by Crippen LogP contribution is 2.63. The second-order valence-electron chi connectivity index (χ2n) is 7.77. The number of benzene rings is 3. The van der Waals surface area contributed by atoms with Gasteiger partial charge in [-0.3, -0.25) is 4.57 Å². The van der Waals surface area contributed by atoms with Crippen molar-refractivity contribution < 1.29 is 4.57 Å². The van der Waals surface area contributed by atoms with Crippen LogP contribution in [0.1, 0.15) is 11.1 Å². The molecule has 3 nitrogen and oxygen atoms in total. The van der Waals surface area contributed by atoms with E-state index in [0.717, 1.165) is 47.1 Å². The molecule has 5 heteroatoms. The smallest absolute Gasteiger partial charge is 0.195 e. The third kappa shape index (κ3) is 4.43. The lowest BCUT2D eigenvalue weighted by molar-refractivity contribution is 0.392. The number of nitrogens with zero attached hydrogens (tertiary/aromatic N) is 2. The van der Waals surface area contributed by atoms with Crippen molar-refractivity contribution in [3.63, 3.8) is 0 Å². The molecular weight excluding hydrogens is 419 g/mol. The Morgan fingerprint density at radius 3 is 1.55 bits per heavy atom. The fraction of sp³-hybridized carbons (Fsp3) is 0.154. The van der Waals surface area contributed by atoms with Crippen LogP contribution in [0.5, 0.6) is 0 Å². The summed E-state index contributed by atoms with van der Waals surface area (Å²) < 4.78 is 16.5. The highest BCUT2D eigenvalue weighted by atomic mass is 32.2. The molecule has 0 amide bonds. The van der Waals surface area contributed by atoms with Crippen molar-refractivity contribution in [3.05, 3.63) is 114 Å². The van der Waals surface area contributed by atoms with Crippen molar-refractivity contribution in [3.8, 4) is 0 Å². The molecule has 0 spiro atoms. The predicted octanol–water partition coefficient (Wildman–Crippen LogP) is 6.83. The van der Waals surface area contributed by atoms with Gasteiger partial charge in [-0.2, -0.15) is 0 Å². The standard InChI is InChI=1S/C26H25N2OPS/c29-30(28-18-16-27(17-19-28)24-14-8-3-9-15-24)20-25(22-10-4-1-5-11-22)31-26(21-30)23-12-6-2-7-13-23/h1-15,20-21H,16-19H2. The Balaban J connectivity index is 1.46. The summed E-state index contributed by atoms with van der Waals surface area (Å²) in [6.45, 7) is 3.33. The lowest BCUT2D eigenvalue weighted by atomic mass is 10.2. The van der Waals surface area contributed by atoms with E-state index in [1.165, 1.54) is 5.69 Å². The second kappa shape index (κ2) is 8.92.